The van der Waals surface area contributed by atoms with Gasteiger partial charge in [-0.05, 0) is 78.6 Å². The summed E-state index contributed by atoms with van der Waals surface area (Å²) in [4.78, 5) is 14.1. The first kappa shape index (κ1) is 20.8. The molecule has 0 aromatic heterocycles. The molecule has 2 aliphatic rings. The Morgan fingerprint density at radius 3 is 2.20 bits per heavy atom. The highest BCUT2D eigenvalue weighted by Gasteiger charge is 2.51. The van der Waals surface area contributed by atoms with Crippen molar-refractivity contribution in [2.24, 2.45) is 11.3 Å². The molecule has 1 spiro atoms. The van der Waals surface area contributed by atoms with Crippen LogP contribution in [0.25, 0.3) is 0 Å². The molecule has 5 nitrogen and oxygen atoms in total. The van der Waals surface area contributed by atoms with Gasteiger partial charge < -0.3 is 14.2 Å². The number of carbonyl (C=O) groups excluding carboxylic acids is 1. The molecule has 2 fully saturated rings. The fourth-order valence-corrected chi connectivity index (χ4v) is 5.06. The zero-order valence-electron chi connectivity index (χ0n) is 17.0. The molecule has 1 heterocycles. The van der Waals surface area contributed by atoms with E-state index < -0.39 is 17.0 Å². The zero-order chi connectivity index (χ0) is 19.0. The van der Waals surface area contributed by atoms with Crippen LogP contribution in [0.3, 0.4) is 0 Å². The lowest BCUT2D eigenvalue weighted by atomic mass is 9.73. The molecular formula is C19H36N2O3S. The van der Waals surface area contributed by atoms with Crippen molar-refractivity contribution in [2.75, 3.05) is 13.1 Å². The van der Waals surface area contributed by atoms with E-state index in [1.165, 1.54) is 0 Å². The number of likely N-dealkylation sites (tertiary alicyclic amines) is 1. The van der Waals surface area contributed by atoms with Crippen LogP contribution in [-0.4, -0.2) is 45.0 Å². The Kier molecular flexibility index (Phi) is 6.07. The van der Waals surface area contributed by atoms with Gasteiger partial charge in [0.05, 0.1) is 6.04 Å². The molecule has 1 amide bonds. The maximum atomic E-state index is 12.6. The minimum Gasteiger partial charge on any atom is -0.598 e. The molecule has 1 aliphatic heterocycles. The summed E-state index contributed by atoms with van der Waals surface area (Å²) in [6, 6.07) is 0.258. The van der Waals surface area contributed by atoms with Gasteiger partial charge in [0, 0.05) is 24.5 Å². The minimum absolute atomic E-state index is 0.152. The number of nitrogens with zero attached hydrogens (tertiary/aromatic N) is 1. The van der Waals surface area contributed by atoms with Gasteiger partial charge in [-0.3, -0.25) is 0 Å². The van der Waals surface area contributed by atoms with Gasteiger partial charge in [-0.15, -0.1) is 4.72 Å². The van der Waals surface area contributed by atoms with E-state index >= 15 is 0 Å². The van der Waals surface area contributed by atoms with Crippen molar-refractivity contribution in [3.63, 3.8) is 0 Å². The fourth-order valence-electron chi connectivity index (χ4n) is 4.00. The number of rotatable bonds is 2. The lowest BCUT2D eigenvalue weighted by Crippen LogP contribution is -2.55. The van der Waals surface area contributed by atoms with E-state index in [1.54, 1.807) is 0 Å². The van der Waals surface area contributed by atoms with Crippen molar-refractivity contribution < 1.29 is 14.1 Å². The number of carbonyl (C=O) groups is 1. The molecule has 1 saturated heterocycles. The highest BCUT2D eigenvalue weighted by Crippen LogP contribution is 2.49. The first-order valence-electron chi connectivity index (χ1n) is 9.50. The second-order valence-corrected chi connectivity index (χ2v) is 11.8. The average Bonchev–Trinajstić information content (AvgIpc) is 2.75. The fraction of sp³-hybridized carbons (Fsp3) is 0.947. The van der Waals surface area contributed by atoms with Crippen LogP contribution < -0.4 is 4.72 Å². The van der Waals surface area contributed by atoms with Crippen molar-refractivity contribution in [2.45, 2.75) is 90.5 Å². The van der Waals surface area contributed by atoms with E-state index in [-0.39, 0.29) is 22.3 Å². The van der Waals surface area contributed by atoms with E-state index in [1.807, 2.05) is 46.4 Å². The van der Waals surface area contributed by atoms with Gasteiger partial charge in [0.2, 0.25) is 0 Å². The predicted octanol–water partition coefficient (Wildman–Crippen LogP) is 3.85. The van der Waals surface area contributed by atoms with Crippen LogP contribution in [0, 0.1) is 11.3 Å². The van der Waals surface area contributed by atoms with Gasteiger partial charge in [-0.25, -0.2) is 4.79 Å². The van der Waals surface area contributed by atoms with Gasteiger partial charge >= 0.3 is 6.09 Å². The Morgan fingerprint density at radius 1 is 1.16 bits per heavy atom. The molecule has 25 heavy (non-hydrogen) atoms. The quantitative estimate of drug-likeness (QED) is 0.748. The van der Waals surface area contributed by atoms with Crippen LogP contribution in [0.1, 0.15) is 74.1 Å². The zero-order valence-corrected chi connectivity index (χ0v) is 17.8. The molecule has 0 bridgehead atoms. The van der Waals surface area contributed by atoms with Gasteiger partial charge in [-0.1, -0.05) is 6.92 Å². The van der Waals surface area contributed by atoms with Crippen molar-refractivity contribution in [3.05, 3.63) is 0 Å². The summed E-state index contributed by atoms with van der Waals surface area (Å²) < 4.78 is 21.3. The molecule has 3 atom stereocenters. The molecule has 0 radical (unpaired) electrons. The number of ether oxygens (including phenoxy) is 1. The summed E-state index contributed by atoms with van der Waals surface area (Å²) >= 11 is -1.06. The third-order valence-electron chi connectivity index (χ3n) is 5.53. The highest BCUT2D eigenvalue weighted by molar-refractivity contribution is 7.90. The standard InChI is InChI=1S/C19H36N2O3S/c1-14-8-9-19(15(14)20-25(23)18(5,6)7)10-12-21(13-11-19)16(22)24-17(2,3)4/h14-15,20H,8-13H2,1-7H3/t14-,15-,25-/m1/s1. The smallest absolute Gasteiger partial charge is 0.410 e. The number of nitrogens with one attached hydrogen (secondary N) is 1. The predicted molar refractivity (Wildman–Crippen MR) is 103 cm³/mol. The van der Waals surface area contributed by atoms with Crippen LogP contribution in [0.5, 0.6) is 0 Å². The summed E-state index contributed by atoms with van der Waals surface area (Å²) in [6.45, 7) is 15.4. The van der Waals surface area contributed by atoms with E-state index in [2.05, 4.69) is 11.6 Å². The Labute approximate surface area is 156 Å². The molecule has 1 aliphatic carbocycles. The van der Waals surface area contributed by atoms with Crippen LogP contribution in [0.2, 0.25) is 0 Å². The Balaban J connectivity index is 2.01. The van der Waals surface area contributed by atoms with E-state index in [0.29, 0.717) is 5.92 Å². The van der Waals surface area contributed by atoms with E-state index in [4.69, 9.17) is 4.74 Å². The van der Waals surface area contributed by atoms with Crippen LogP contribution in [-0.2, 0) is 16.1 Å². The molecule has 6 heteroatoms. The van der Waals surface area contributed by atoms with Crippen molar-refractivity contribution in [1.82, 2.24) is 9.62 Å². The minimum atomic E-state index is -1.06. The Bertz CT molecular complexity index is 476. The number of amides is 1. The van der Waals surface area contributed by atoms with Gasteiger partial charge in [-0.2, -0.15) is 0 Å². The molecule has 1 N–H and O–H groups in total. The summed E-state index contributed by atoms with van der Waals surface area (Å²) in [5.74, 6) is 0.513. The van der Waals surface area contributed by atoms with Gasteiger partial charge in [0.25, 0.3) is 0 Å². The molecule has 146 valence electrons. The Morgan fingerprint density at radius 2 is 1.72 bits per heavy atom. The van der Waals surface area contributed by atoms with E-state index in [9.17, 15) is 9.35 Å². The van der Waals surface area contributed by atoms with Gasteiger partial charge in [0.1, 0.15) is 10.3 Å². The third-order valence-corrected chi connectivity index (χ3v) is 7.11. The number of hydrogen-bond donors (Lipinski definition) is 1. The van der Waals surface area contributed by atoms with Crippen LogP contribution in [0.15, 0.2) is 0 Å². The van der Waals surface area contributed by atoms with Crippen molar-refractivity contribution in [3.8, 4) is 0 Å². The summed E-state index contributed by atoms with van der Waals surface area (Å²) in [5, 5.41) is 0. The monoisotopic (exact) mass is 372 g/mol. The maximum Gasteiger partial charge on any atom is 0.410 e. The largest absolute Gasteiger partial charge is 0.598 e. The topological polar surface area (TPSA) is 64.6 Å². The van der Waals surface area contributed by atoms with Crippen molar-refractivity contribution in [1.29, 1.82) is 0 Å². The van der Waals surface area contributed by atoms with Gasteiger partial charge in [0.15, 0.2) is 0 Å². The Hall–Kier alpha value is -0.460. The van der Waals surface area contributed by atoms with Crippen molar-refractivity contribution >= 4 is 17.5 Å². The number of hydrogen-bond acceptors (Lipinski definition) is 4. The SMILES string of the molecule is C[C@@H]1CCC2(CCN(C(=O)OC(C)(C)C)CC2)[C@@H]1N[S@+]([O-])C(C)(C)C. The first-order valence-corrected chi connectivity index (χ1v) is 10.7. The molecule has 1 saturated carbocycles. The lowest BCUT2D eigenvalue weighted by Gasteiger charge is -2.44. The third kappa shape index (κ3) is 5.04. The second-order valence-electron chi connectivity index (χ2n) is 9.82. The summed E-state index contributed by atoms with van der Waals surface area (Å²) in [6.07, 6.45) is 4.00. The number of piperidine rings is 1. The molecular weight excluding hydrogens is 336 g/mol. The highest BCUT2D eigenvalue weighted by atomic mass is 32.2. The second kappa shape index (κ2) is 7.28. The van der Waals surface area contributed by atoms with E-state index in [0.717, 1.165) is 38.8 Å². The summed E-state index contributed by atoms with van der Waals surface area (Å²) in [5.41, 5.74) is -0.305. The normalized spacial score (nSPS) is 28.2. The first-order chi connectivity index (χ1) is 11.3. The molecule has 2 rings (SSSR count). The average molecular weight is 373 g/mol. The van der Waals surface area contributed by atoms with Crippen LogP contribution >= 0.6 is 0 Å². The maximum absolute atomic E-state index is 12.6. The molecule has 0 unspecified atom stereocenters. The molecule has 0 aromatic rings. The lowest BCUT2D eigenvalue weighted by molar-refractivity contribution is 0.00742. The summed E-state index contributed by atoms with van der Waals surface area (Å²) in [7, 11) is 0. The molecule has 0 aromatic carbocycles. The van der Waals surface area contributed by atoms with Crippen LogP contribution in [0.4, 0.5) is 4.79 Å².